The van der Waals surface area contributed by atoms with Crippen molar-refractivity contribution >= 4 is 50.0 Å². The summed E-state index contributed by atoms with van der Waals surface area (Å²) in [6.07, 6.45) is 0. The Balaban J connectivity index is 2.98. The van der Waals surface area contributed by atoms with Gasteiger partial charge in [-0.25, -0.2) is 14.4 Å². The molecule has 0 N–H and O–H groups in total. The average Bonchev–Trinajstić information content (AvgIpc) is 2.17. The zero-order valence-electron chi connectivity index (χ0n) is 7.48. The number of aromatic nitrogens is 2. The van der Waals surface area contributed by atoms with Crippen molar-refractivity contribution < 1.29 is 4.39 Å². The minimum atomic E-state index is -0.396. The summed E-state index contributed by atoms with van der Waals surface area (Å²) in [6.45, 7) is 1.73. The lowest BCUT2D eigenvalue weighted by molar-refractivity contribution is 0.621. The second-order valence-corrected chi connectivity index (χ2v) is 4.47. The molecular weight excluding hydrogens is 306 g/mol. The van der Waals surface area contributed by atoms with Crippen molar-refractivity contribution in [2.45, 2.75) is 6.92 Å². The molecule has 1 heterocycles. The minimum absolute atomic E-state index is 0.0501. The number of nitrogens with zero attached hydrogens (tertiary/aromatic N) is 2. The van der Waals surface area contributed by atoms with E-state index in [1.54, 1.807) is 6.92 Å². The molecular formula is C9H4BrCl2FN2. The summed E-state index contributed by atoms with van der Waals surface area (Å²) in [5.41, 5.74) is 1.20. The van der Waals surface area contributed by atoms with Crippen LogP contribution in [-0.4, -0.2) is 9.97 Å². The van der Waals surface area contributed by atoms with Crippen molar-refractivity contribution in [1.29, 1.82) is 0 Å². The fourth-order valence-corrected chi connectivity index (χ4v) is 2.04. The first-order valence-electron chi connectivity index (χ1n) is 3.98. The standard InChI is InChI=1S/C9H4BrCl2FN2/c1-3-6(10)5(13)2-4-7(3)14-9(12)15-8(4)11/h2H,1H3. The maximum atomic E-state index is 13.4. The van der Waals surface area contributed by atoms with E-state index in [0.717, 1.165) is 0 Å². The summed E-state index contributed by atoms with van der Waals surface area (Å²) in [5.74, 6) is -0.396. The molecule has 1 aromatic heterocycles. The fraction of sp³-hybridized carbons (Fsp3) is 0.111. The van der Waals surface area contributed by atoms with Gasteiger partial charge in [0, 0.05) is 5.39 Å². The maximum Gasteiger partial charge on any atom is 0.224 e. The van der Waals surface area contributed by atoms with Crippen LogP contribution in [0.25, 0.3) is 10.9 Å². The lowest BCUT2D eigenvalue weighted by Crippen LogP contribution is -1.93. The van der Waals surface area contributed by atoms with Gasteiger partial charge in [0.1, 0.15) is 11.0 Å². The van der Waals surface area contributed by atoms with Crippen LogP contribution in [-0.2, 0) is 0 Å². The summed E-state index contributed by atoms with van der Waals surface area (Å²) >= 11 is 14.6. The molecule has 2 rings (SSSR count). The van der Waals surface area contributed by atoms with Gasteiger partial charge in [-0.05, 0) is 46.1 Å². The molecule has 0 aliphatic carbocycles. The molecule has 78 valence electrons. The van der Waals surface area contributed by atoms with Crippen molar-refractivity contribution in [2.75, 3.05) is 0 Å². The van der Waals surface area contributed by atoms with Crippen LogP contribution in [0.2, 0.25) is 10.4 Å². The topological polar surface area (TPSA) is 25.8 Å². The molecule has 0 atom stereocenters. The predicted molar refractivity (Wildman–Crippen MR) is 62.0 cm³/mol. The van der Waals surface area contributed by atoms with Gasteiger partial charge in [0.2, 0.25) is 5.28 Å². The third-order valence-electron chi connectivity index (χ3n) is 2.04. The lowest BCUT2D eigenvalue weighted by Gasteiger charge is -2.06. The van der Waals surface area contributed by atoms with E-state index in [2.05, 4.69) is 25.9 Å². The molecule has 0 fully saturated rings. The number of hydrogen-bond acceptors (Lipinski definition) is 2. The summed E-state index contributed by atoms with van der Waals surface area (Å²) in [7, 11) is 0. The molecule has 0 aliphatic heterocycles. The van der Waals surface area contributed by atoms with Gasteiger partial charge in [0.15, 0.2) is 0 Å². The van der Waals surface area contributed by atoms with Gasteiger partial charge < -0.3 is 0 Å². The molecule has 0 aliphatic rings. The van der Waals surface area contributed by atoms with E-state index in [1.165, 1.54) is 6.07 Å². The van der Waals surface area contributed by atoms with E-state index in [-0.39, 0.29) is 10.4 Å². The Morgan fingerprint density at radius 1 is 1.33 bits per heavy atom. The Hall–Kier alpha value is -0.450. The highest BCUT2D eigenvalue weighted by atomic mass is 79.9. The predicted octanol–water partition coefficient (Wildman–Crippen LogP) is 4.15. The van der Waals surface area contributed by atoms with Gasteiger partial charge in [-0.15, -0.1) is 0 Å². The van der Waals surface area contributed by atoms with Crippen LogP contribution in [0, 0.1) is 12.7 Å². The number of aryl methyl sites for hydroxylation is 1. The zero-order valence-corrected chi connectivity index (χ0v) is 10.6. The first-order valence-corrected chi connectivity index (χ1v) is 5.53. The number of fused-ring (bicyclic) bond motifs is 1. The molecule has 6 heteroatoms. The fourth-order valence-electron chi connectivity index (χ4n) is 1.30. The summed E-state index contributed by atoms with van der Waals surface area (Å²) < 4.78 is 13.8. The maximum absolute atomic E-state index is 13.4. The average molecular weight is 310 g/mol. The Morgan fingerprint density at radius 3 is 2.67 bits per heavy atom. The number of benzene rings is 1. The summed E-state index contributed by atoms with van der Waals surface area (Å²) in [6, 6.07) is 1.28. The highest BCUT2D eigenvalue weighted by molar-refractivity contribution is 9.10. The van der Waals surface area contributed by atoms with Crippen molar-refractivity contribution in [1.82, 2.24) is 9.97 Å². The number of rotatable bonds is 0. The van der Waals surface area contributed by atoms with Gasteiger partial charge in [0.05, 0.1) is 9.99 Å². The van der Waals surface area contributed by atoms with E-state index in [1.807, 2.05) is 0 Å². The Labute approximate surface area is 104 Å². The molecule has 0 unspecified atom stereocenters. The van der Waals surface area contributed by atoms with Gasteiger partial charge >= 0.3 is 0 Å². The molecule has 0 saturated heterocycles. The molecule has 0 bridgehead atoms. The Kier molecular flexibility index (Phi) is 2.83. The largest absolute Gasteiger partial charge is 0.224 e. The van der Waals surface area contributed by atoms with E-state index in [9.17, 15) is 4.39 Å². The van der Waals surface area contributed by atoms with E-state index < -0.39 is 5.82 Å². The highest BCUT2D eigenvalue weighted by Crippen LogP contribution is 2.31. The zero-order chi connectivity index (χ0) is 11.2. The van der Waals surface area contributed by atoms with Crippen LogP contribution >= 0.6 is 39.1 Å². The van der Waals surface area contributed by atoms with Gasteiger partial charge in [-0.2, -0.15) is 0 Å². The summed E-state index contributed by atoms with van der Waals surface area (Å²) in [5, 5.41) is 0.660. The normalized spacial score (nSPS) is 11.0. The minimum Gasteiger partial charge on any atom is -0.217 e. The quantitative estimate of drug-likeness (QED) is 0.540. The molecule has 0 amide bonds. The molecule has 0 spiro atoms. The second-order valence-electron chi connectivity index (χ2n) is 2.98. The molecule has 2 aromatic rings. The number of hydrogen-bond donors (Lipinski definition) is 0. The molecule has 0 saturated carbocycles. The Bertz CT molecular complexity index is 560. The first-order chi connectivity index (χ1) is 7.00. The van der Waals surface area contributed by atoms with Crippen molar-refractivity contribution in [3.05, 3.63) is 32.4 Å². The van der Waals surface area contributed by atoms with E-state index >= 15 is 0 Å². The van der Waals surface area contributed by atoms with Crippen LogP contribution in [0.5, 0.6) is 0 Å². The van der Waals surface area contributed by atoms with Crippen LogP contribution in [0.1, 0.15) is 5.56 Å². The van der Waals surface area contributed by atoms with E-state index in [0.29, 0.717) is 20.9 Å². The van der Waals surface area contributed by atoms with Crippen molar-refractivity contribution in [3.63, 3.8) is 0 Å². The third kappa shape index (κ3) is 1.82. The summed E-state index contributed by atoms with van der Waals surface area (Å²) in [4.78, 5) is 7.76. The first kappa shape index (κ1) is 11.0. The SMILES string of the molecule is Cc1c(Br)c(F)cc2c(Cl)nc(Cl)nc12. The number of halogens is 4. The third-order valence-corrected chi connectivity index (χ3v) is 3.47. The van der Waals surface area contributed by atoms with Gasteiger partial charge in [-0.3, -0.25) is 0 Å². The van der Waals surface area contributed by atoms with Gasteiger partial charge in [0.25, 0.3) is 0 Å². The molecule has 1 aromatic carbocycles. The van der Waals surface area contributed by atoms with Crippen LogP contribution in [0.3, 0.4) is 0 Å². The molecule has 0 radical (unpaired) electrons. The van der Waals surface area contributed by atoms with Crippen molar-refractivity contribution in [2.24, 2.45) is 0 Å². The van der Waals surface area contributed by atoms with Crippen LogP contribution < -0.4 is 0 Å². The van der Waals surface area contributed by atoms with Crippen molar-refractivity contribution in [3.8, 4) is 0 Å². The highest BCUT2D eigenvalue weighted by Gasteiger charge is 2.13. The molecule has 15 heavy (non-hydrogen) atoms. The lowest BCUT2D eigenvalue weighted by atomic mass is 10.1. The van der Waals surface area contributed by atoms with Gasteiger partial charge in [-0.1, -0.05) is 11.6 Å². The van der Waals surface area contributed by atoms with Crippen LogP contribution in [0.15, 0.2) is 10.5 Å². The smallest absolute Gasteiger partial charge is 0.217 e. The van der Waals surface area contributed by atoms with E-state index in [4.69, 9.17) is 23.2 Å². The Morgan fingerprint density at radius 2 is 2.00 bits per heavy atom. The second kappa shape index (κ2) is 3.85. The molecule has 2 nitrogen and oxygen atoms in total. The monoisotopic (exact) mass is 308 g/mol. The van der Waals surface area contributed by atoms with Crippen LogP contribution in [0.4, 0.5) is 4.39 Å².